The molecule has 1 aliphatic heterocycles. The normalized spacial score (nSPS) is 16.7. The largest absolute Gasteiger partial charge is 0.489 e. The fourth-order valence-corrected chi connectivity index (χ4v) is 4.41. The van der Waals surface area contributed by atoms with Crippen LogP contribution in [0.5, 0.6) is 5.75 Å². The van der Waals surface area contributed by atoms with Gasteiger partial charge in [0.15, 0.2) is 0 Å². The maximum Gasteiger partial charge on any atom is 0.264 e. The number of ether oxygens (including phenoxy) is 1. The molecule has 1 aliphatic rings. The summed E-state index contributed by atoms with van der Waals surface area (Å²) in [6.45, 7) is 3.71. The standard InChI is InChI=1S/C16H15ClN2O4S2/c1-9-5-11-6-13(7-14(17)16(11)23-9)25(21,22)19-15(20)4-3-12-8-24-10(2)18-12/h3-4,6-9H,5H2,1-2H3,(H,19,20)/b4-3+. The van der Waals surface area contributed by atoms with Crippen molar-refractivity contribution < 1.29 is 17.9 Å². The Labute approximate surface area is 154 Å². The van der Waals surface area contributed by atoms with E-state index in [1.165, 1.54) is 29.5 Å². The van der Waals surface area contributed by atoms with Crippen LogP contribution in [0.15, 0.2) is 28.5 Å². The van der Waals surface area contributed by atoms with Crippen LogP contribution in [0.3, 0.4) is 0 Å². The summed E-state index contributed by atoms with van der Waals surface area (Å²) in [7, 11) is -4.03. The first kappa shape index (κ1) is 17.9. The van der Waals surface area contributed by atoms with Crippen LogP contribution in [0.2, 0.25) is 5.02 Å². The number of aromatic nitrogens is 1. The minimum atomic E-state index is -4.03. The highest BCUT2D eigenvalue weighted by Gasteiger charge is 2.26. The summed E-state index contributed by atoms with van der Waals surface area (Å²) in [5.74, 6) is -0.259. The average Bonchev–Trinajstić information content (AvgIpc) is 3.10. The number of benzene rings is 1. The first-order valence-electron chi connectivity index (χ1n) is 7.40. The third-order valence-electron chi connectivity index (χ3n) is 3.51. The molecule has 6 nitrogen and oxygen atoms in total. The van der Waals surface area contributed by atoms with E-state index in [-0.39, 0.29) is 16.0 Å². The van der Waals surface area contributed by atoms with Crippen LogP contribution < -0.4 is 9.46 Å². The van der Waals surface area contributed by atoms with Crippen LogP contribution in [-0.4, -0.2) is 25.4 Å². The smallest absolute Gasteiger partial charge is 0.264 e. The van der Waals surface area contributed by atoms with Crippen LogP contribution in [0.4, 0.5) is 0 Å². The van der Waals surface area contributed by atoms with Crippen LogP contribution in [0.25, 0.3) is 6.08 Å². The van der Waals surface area contributed by atoms with Crippen molar-refractivity contribution in [3.05, 3.63) is 44.9 Å². The molecule has 132 valence electrons. The monoisotopic (exact) mass is 398 g/mol. The zero-order valence-corrected chi connectivity index (χ0v) is 15.8. The highest BCUT2D eigenvalue weighted by Crippen LogP contribution is 2.37. The molecule has 1 N–H and O–H groups in total. The molecular weight excluding hydrogens is 384 g/mol. The Morgan fingerprint density at radius 2 is 2.24 bits per heavy atom. The molecule has 0 spiro atoms. The molecule has 1 aromatic heterocycles. The average molecular weight is 399 g/mol. The van der Waals surface area contributed by atoms with E-state index in [1.807, 2.05) is 18.6 Å². The van der Waals surface area contributed by atoms with E-state index in [9.17, 15) is 13.2 Å². The number of hydrogen-bond donors (Lipinski definition) is 1. The first-order valence-corrected chi connectivity index (χ1v) is 10.1. The number of carbonyl (C=O) groups excluding carboxylic acids is 1. The number of sulfonamides is 1. The predicted molar refractivity (Wildman–Crippen MR) is 96.5 cm³/mol. The van der Waals surface area contributed by atoms with Crippen molar-refractivity contribution in [3.63, 3.8) is 0 Å². The van der Waals surface area contributed by atoms with E-state index in [2.05, 4.69) is 4.98 Å². The summed E-state index contributed by atoms with van der Waals surface area (Å²) in [6.07, 6.45) is 3.09. The Morgan fingerprint density at radius 1 is 1.48 bits per heavy atom. The molecule has 25 heavy (non-hydrogen) atoms. The van der Waals surface area contributed by atoms with E-state index in [0.29, 0.717) is 23.4 Å². The summed E-state index contributed by atoms with van der Waals surface area (Å²) < 4.78 is 32.4. The number of halogens is 1. The molecule has 1 atom stereocenters. The highest BCUT2D eigenvalue weighted by atomic mass is 35.5. The fourth-order valence-electron chi connectivity index (χ4n) is 2.46. The predicted octanol–water partition coefficient (Wildman–Crippen LogP) is 2.95. The molecule has 2 aromatic rings. The van der Waals surface area contributed by atoms with Gasteiger partial charge in [-0.3, -0.25) is 4.79 Å². The molecular formula is C16H15ClN2O4S2. The van der Waals surface area contributed by atoms with Gasteiger partial charge in [0.2, 0.25) is 0 Å². The molecule has 0 radical (unpaired) electrons. The molecule has 0 saturated carbocycles. The quantitative estimate of drug-likeness (QED) is 0.800. The number of amides is 1. The van der Waals surface area contributed by atoms with Gasteiger partial charge in [0.05, 0.1) is 20.6 Å². The summed E-state index contributed by atoms with van der Waals surface area (Å²) in [4.78, 5) is 16.0. The van der Waals surface area contributed by atoms with Crippen LogP contribution in [-0.2, 0) is 21.2 Å². The van der Waals surface area contributed by atoms with Gasteiger partial charge in [-0.05, 0) is 32.1 Å². The maximum absolute atomic E-state index is 12.4. The number of nitrogens with zero attached hydrogens (tertiary/aromatic N) is 1. The third-order valence-corrected chi connectivity index (χ3v) is 5.91. The lowest BCUT2D eigenvalue weighted by Crippen LogP contribution is -2.29. The molecule has 1 amide bonds. The zero-order valence-electron chi connectivity index (χ0n) is 13.4. The molecule has 1 aromatic carbocycles. The summed E-state index contributed by atoms with van der Waals surface area (Å²) in [6, 6.07) is 2.76. The van der Waals surface area contributed by atoms with Crippen molar-refractivity contribution >= 4 is 44.9 Å². The van der Waals surface area contributed by atoms with Gasteiger partial charge in [-0.25, -0.2) is 18.1 Å². The number of nitrogens with one attached hydrogen (secondary N) is 1. The third kappa shape index (κ3) is 4.02. The summed E-state index contributed by atoms with van der Waals surface area (Å²) in [5.41, 5.74) is 1.31. The molecule has 1 unspecified atom stereocenters. The number of hydrogen-bond acceptors (Lipinski definition) is 6. The fraction of sp³-hybridized carbons (Fsp3) is 0.250. The minimum Gasteiger partial charge on any atom is -0.489 e. The number of thiazole rings is 1. The van der Waals surface area contributed by atoms with Crippen molar-refractivity contribution in [2.24, 2.45) is 0 Å². The second-order valence-corrected chi connectivity index (χ2v) is 8.77. The van der Waals surface area contributed by atoms with Gasteiger partial charge in [-0.15, -0.1) is 11.3 Å². The number of aryl methyl sites for hydroxylation is 1. The zero-order chi connectivity index (χ0) is 18.2. The first-order chi connectivity index (χ1) is 11.7. The highest BCUT2D eigenvalue weighted by molar-refractivity contribution is 7.90. The van der Waals surface area contributed by atoms with E-state index < -0.39 is 15.9 Å². The Balaban J connectivity index is 1.78. The van der Waals surface area contributed by atoms with Gasteiger partial charge < -0.3 is 4.74 Å². The number of fused-ring (bicyclic) bond motifs is 1. The van der Waals surface area contributed by atoms with Crippen molar-refractivity contribution in [1.82, 2.24) is 9.71 Å². The van der Waals surface area contributed by atoms with Gasteiger partial charge in [0.25, 0.3) is 15.9 Å². The second kappa shape index (κ2) is 6.78. The van der Waals surface area contributed by atoms with Gasteiger partial charge in [-0.1, -0.05) is 11.6 Å². The van der Waals surface area contributed by atoms with Gasteiger partial charge in [-0.2, -0.15) is 0 Å². The van der Waals surface area contributed by atoms with Crippen molar-refractivity contribution in [1.29, 1.82) is 0 Å². The summed E-state index contributed by atoms with van der Waals surface area (Å²) in [5, 5.41) is 2.84. The Morgan fingerprint density at radius 3 is 2.92 bits per heavy atom. The van der Waals surface area contributed by atoms with Crippen molar-refractivity contribution in [2.75, 3.05) is 0 Å². The van der Waals surface area contributed by atoms with E-state index in [1.54, 1.807) is 5.38 Å². The van der Waals surface area contributed by atoms with Gasteiger partial charge in [0.1, 0.15) is 11.9 Å². The summed E-state index contributed by atoms with van der Waals surface area (Å²) >= 11 is 7.54. The molecule has 0 bridgehead atoms. The van der Waals surface area contributed by atoms with Crippen LogP contribution in [0.1, 0.15) is 23.2 Å². The van der Waals surface area contributed by atoms with E-state index in [4.69, 9.17) is 16.3 Å². The van der Waals surface area contributed by atoms with Crippen molar-refractivity contribution in [3.8, 4) is 5.75 Å². The van der Waals surface area contributed by atoms with Gasteiger partial charge in [0, 0.05) is 23.4 Å². The van der Waals surface area contributed by atoms with Crippen LogP contribution >= 0.6 is 22.9 Å². The Kier molecular flexibility index (Phi) is 4.86. The molecule has 3 rings (SSSR count). The van der Waals surface area contributed by atoms with Gasteiger partial charge >= 0.3 is 0 Å². The maximum atomic E-state index is 12.4. The second-order valence-electron chi connectivity index (χ2n) is 5.62. The molecule has 9 heteroatoms. The van der Waals surface area contributed by atoms with Crippen molar-refractivity contribution in [2.45, 2.75) is 31.3 Å². The lowest BCUT2D eigenvalue weighted by atomic mass is 10.1. The molecule has 2 heterocycles. The van der Waals surface area contributed by atoms with E-state index in [0.717, 1.165) is 11.1 Å². The minimum absolute atomic E-state index is 0.0652. The Bertz CT molecular complexity index is 967. The Hall–Kier alpha value is -1.90. The lowest BCUT2D eigenvalue weighted by Gasteiger charge is -2.08. The van der Waals surface area contributed by atoms with Crippen LogP contribution in [0, 0.1) is 6.92 Å². The lowest BCUT2D eigenvalue weighted by molar-refractivity contribution is -0.114. The number of carbonyl (C=O) groups is 1. The number of rotatable bonds is 4. The topological polar surface area (TPSA) is 85.4 Å². The molecule has 0 aliphatic carbocycles. The SMILES string of the molecule is Cc1nc(/C=C/C(=O)NS(=O)(=O)c2cc(Cl)c3c(c2)CC(C)O3)cs1. The van der Waals surface area contributed by atoms with E-state index >= 15 is 0 Å². The molecule has 0 saturated heterocycles. The molecule has 0 fully saturated rings.